The number of nitrogens with zero attached hydrogens (tertiary/aromatic N) is 3. The minimum absolute atomic E-state index is 0.275. The molecule has 0 spiro atoms. The van der Waals surface area contributed by atoms with Crippen molar-refractivity contribution in [3.8, 4) is 0 Å². The topological polar surface area (TPSA) is 42.7 Å². The molecule has 1 atom stereocenters. The fourth-order valence-electron chi connectivity index (χ4n) is 2.26. The number of aromatic nitrogens is 3. The van der Waals surface area contributed by atoms with E-state index in [1.165, 1.54) is 0 Å². The summed E-state index contributed by atoms with van der Waals surface area (Å²) < 4.78 is 2.04. The molecule has 1 unspecified atom stereocenters. The fraction of sp³-hybridized carbons (Fsp3) is 0.857. The van der Waals surface area contributed by atoms with Crippen LogP contribution in [0.25, 0.3) is 0 Å². The van der Waals surface area contributed by atoms with Gasteiger partial charge >= 0.3 is 0 Å². The molecule has 0 saturated heterocycles. The van der Waals surface area contributed by atoms with E-state index in [-0.39, 0.29) is 5.41 Å². The summed E-state index contributed by atoms with van der Waals surface area (Å²) in [7, 11) is 2.04. The maximum absolute atomic E-state index is 4.38. The van der Waals surface area contributed by atoms with Crippen LogP contribution in [0.4, 0.5) is 0 Å². The van der Waals surface area contributed by atoms with Crippen LogP contribution >= 0.6 is 0 Å². The Morgan fingerprint density at radius 1 is 1.33 bits per heavy atom. The van der Waals surface area contributed by atoms with Crippen molar-refractivity contribution in [3.63, 3.8) is 0 Å². The zero-order valence-corrected chi connectivity index (χ0v) is 12.7. The minimum Gasteiger partial charge on any atom is -0.316 e. The number of aryl methyl sites for hydroxylation is 1. The van der Waals surface area contributed by atoms with Gasteiger partial charge in [0.05, 0.1) is 0 Å². The first kappa shape index (κ1) is 15.2. The molecule has 0 fully saturated rings. The first-order chi connectivity index (χ1) is 8.34. The predicted octanol–water partition coefficient (Wildman–Crippen LogP) is 2.50. The van der Waals surface area contributed by atoms with Crippen LogP contribution in [0.1, 0.15) is 46.9 Å². The zero-order chi connectivity index (χ0) is 13.8. The molecule has 0 amide bonds. The average Bonchev–Trinajstić information content (AvgIpc) is 2.63. The van der Waals surface area contributed by atoms with Crippen molar-refractivity contribution in [2.75, 3.05) is 7.05 Å². The highest BCUT2D eigenvalue weighted by atomic mass is 15.3. The summed E-state index contributed by atoms with van der Waals surface area (Å²) >= 11 is 0. The van der Waals surface area contributed by atoms with Crippen molar-refractivity contribution >= 4 is 0 Å². The van der Waals surface area contributed by atoms with Gasteiger partial charge in [0, 0.05) is 19.0 Å². The van der Waals surface area contributed by atoms with E-state index in [9.17, 15) is 0 Å². The molecular formula is C14H28N4. The summed E-state index contributed by atoms with van der Waals surface area (Å²) in [5.41, 5.74) is 0.275. The number of nitrogens with one attached hydrogen (secondary N) is 1. The van der Waals surface area contributed by atoms with Gasteiger partial charge in [-0.15, -0.1) is 0 Å². The average molecular weight is 252 g/mol. The molecule has 0 aliphatic carbocycles. The van der Waals surface area contributed by atoms with Gasteiger partial charge in [0.25, 0.3) is 0 Å². The van der Waals surface area contributed by atoms with Crippen LogP contribution in [-0.4, -0.2) is 27.9 Å². The molecule has 0 saturated carbocycles. The van der Waals surface area contributed by atoms with E-state index >= 15 is 0 Å². The van der Waals surface area contributed by atoms with Crippen molar-refractivity contribution in [3.05, 3.63) is 12.2 Å². The summed E-state index contributed by atoms with van der Waals surface area (Å²) in [5, 5.41) is 7.71. The lowest BCUT2D eigenvalue weighted by Gasteiger charge is -2.30. The predicted molar refractivity (Wildman–Crippen MR) is 75.5 cm³/mol. The molecule has 1 aromatic rings. The molecule has 0 aliphatic heterocycles. The number of hydrogen-bond donors (Lipinski definition) is 1. The SMILES string of the molecule is CNC(CCc1ncnn1CC(C)C)C(C)(C)C. The fourth-order valence-corrected chi connectivity index (χ4v) is 2.26. The van der Waals surface area contributed by atoms with Gasteiger partial charge in [-0.05, 0) is 24.8 Å². The van der Waals surface area contributed by atoms with Crippen LogP contribution in [0.2, 0.25) is 0 Å². The Bertz CT molecular complexity index is 349. The monoisotopic (exact) mass is 252 g/mol. The largest absolute Gasteiger partial charge is 0.316 e. The Balaban J connectivity index is 2.60. The maximum Gasteiger partial charge on any atom is 0.138 e. The van der Waals surface area contributed by atoms with Gasteiger partial charge in [-0.2, -0.15) is 5.10 Å². The zero-order valence-electron chi connectivity index (χ0n) is 12.7. The first-order valence-corrected chi connectivity index (χ1v) is 6.88. The summed E-state index contributed by atoms with van der Waals surface area (Å²) in [5.74, 6) is 1.71. The third-order valence-corrected chi connectivity index (χ3v) is 3.28. The third kappa shape index (κ3) is 4.41. The van der Waals surface area contributed by atoms with E-state index in [4.69, 9.17) is 0 Å². The molecule has 1 heterocycles. The van der Waals surface area contributed by atoms with E-state index in [0.29, 0.717) is 12.0 Å². The molecular weight excluding hydrogens is 224 g/mol. The molecule has 0 radical (unpaired) electrons. The summed E-state index contributed by atoms with van der Waals surface area (Å²) in [4.78, 5) is 4.38. The van der Waals surface area contributed by atoms with Crippen LogP contribution in [0.5, 0.6) is 0 Å². The highest BCUT2D eigenvalue weighted by Gasteiger charge is 2.23. The normalized spacial score (nSPS) is 14.2. The Morgan fingerprint density at radius 3 is 2.50 bits per heavy atom. The van der Waals surface area contributed by atoms with Gasteiger partial charge in [0.2, 0.25) is 0 Å². The van der Waals surface area contributed by atoms with E-state index in [0.717, 1.165) is 25.2 Å². The van der Waals surface area contributed by atoms with Crippen molar-refractivity contribution < 1.29 is 0 Å². The molecule has 1 rings (SSSR count). The van der Waals surface area contributed by atoms with E-state index in [1.807, 2.05) is 11.7 Å². The van der Waals surface area contributed by atoms with Gasteiger partial charge in [-0.3, -0.25) is 0 Å². The standard InChI is InChI=1S/C14H28N4/c1-11(2)9-18-13(16-10-17-18)8-7-12(15-6)14(3,4)5/h10-12,15H,7-9H2,1-6H3. The summed E-state index contributed by atoms with van der Waals surface area (Å²) in [6, 6.07) is 0.502. The Morgan fingerprint density at radius 2 is 2.00 bits per heavy atom. The lowest BCUT2D eigenvalue weighted by molar-refractivity contribution is 0.265. The molecule has 0 aromatic carbocycles. The number of rotatable bonds is 6. The molecule has 18 heavy (non-hydrogen) atoms. The van der Waals surface area contributed by atoms with Gasteiger partial charge in [-0.1, -0.05) is 34.6 Å². The Hall–Kier alpha value is -0.900. The number of hydrogen-bond acceptors (Lipinski definition) is 3. The molecule has 4 heteroatoms. The van der Waals surface area contributed by atoms with Crippen LogP contribution < -0.4 is 5.32 Å². The summed E-state index contributed by atoms with van der Waals surface area (Å²) in [6.45, 7) is 12.2. The van der Waals surface area contributed by atoms with Gasteiger partial charge < -0.3 is 5.32 Å². The van der Waals surface area contributed by atoms with E-state index in [2.05, 4.69) is 50.0 Å². The second-order valence-electron chi connectivity index (χ2n) is 6.50. The van der Waals surface area contributed by atoms with E-state index in [1.54, 1.807) is 6.33 Å². The van der Waals surface area contributed by atoms with Gasteiger partial charge in [0.15, 0.2) is 0 Å². The summed E-state index contributed by atoms with van der Waals surface area (Å²) in [6.07, 6.45) is 3.75. The molecule has 1 N–H and O–H groups in total. The maximum atomic E-state index is 4.38. The van der Waals surface area contributed by atoms with Crippen LogP contribution in [0.15, 0.2) is 6.33 Å². The quantitative estimate of drug-likeness (QED) is 0.846. The van der Waals surface area contributed by atoms with Crippen molar-refractivity contribution in [1.29, 1.82) is 0 Å². The van der Waals surface area contributed by atoms with Gasteiger partial charge in [-0.25, -0.2) is 9.67 Å². The molecule has 4 nitrogen and oxygen atoms in total. The van der Waals surface area contributed by atoms with Crippen LogP contribution in [0, 0.1) is 11.3 Å². The minimum atomic E-state index is 0.275. The Labute approximate surface area is 111 Å². The lowest BCUT2D eigenvalue weighted by atomic mass is 9.84. The second-order valence-corrected chi connectivity index (χ2v) is 6.50. The smallest absolute Gasteiger partial charge is 0.138 e. The molecule has 0 bridgehead atoms. The van der Waals surface area contributed by atoms with Crippen molar-refractivity contribution in [2.45, 2.75) is 60.0 Å². The lowest BCUT2D eigenvalue weighted by Crippen LogP contribution is -2.38. The Kier molecular flexibility index (Phi) is 5.32. The van der Waals surface area contributed by atoms with E-state index < -0.39 is 0 Å². The highest BCUT2D eigenvalue weighted by molar-refractivity contribution is 4.89. The van der Waals surface area contributed by atoms with Crippen LogP contribution in [0.3, 0.4) is 0 Å². The molecule has 0 aliphatic rings. The third-order valence-electron chi connectivity index (χ3n) is 3.28. The molecule has 1 aromatic heterocycles. The first-order valence-electron chi connectivity index (χ1n) is 6.88. The van der Waals surface area contributed by atoms with Crippen molar-refractivity contribution in [2.24, 2.45) is 11.3 Å². The van der Waals surface area contributed by atoms with Crippen LogP contribution in [-0.2, 0) is 13.0 Å². The molecule has 104 valence electrons. The van der Waals surface area contributed by atoms with Crippen molar-refractivity contribution in [1.82, 2.24) is 20.1 Å². The van der Waals surface area contributed by atoms with Gasteiger partial charge in [0.1, 0.15) is 12.2 Å². The second kappa shape index (κ2) is 6.32. The highest BCUT2D eigenvalue weighted by Crippen LogP contribution is 2.22.